The molecule has 1 aliphatic rings. The van der Waals surface area contributed by atoms with Crippen molar-refractivity contribution < 1.29 is 9.18 Å². The SMILES string of the molecule is CCCCCCn1c([C@@H]2CC(=O)N(c3ccccc3F)C2)nc2ccccc21. The van der Waals surface area contributed by atoms with Crippen molar-refractivity contribution in [2.24, 2.45) is 0 Å². The van der Waals surface area contributed by atoms with E-state index in [-0.39, 0.29) is 17.6 Å². The van der Waals surface area contributed by atoms with Gasteiger partial charge in [0.1, 0.15) is 11.6 Å². The largest absolute Gasteiger partial charge is 0.328 e. The summed E-state index contributed by atoms with van der Waals surface area (Å²) in [6, 6.07) is 14.6. The van der Waals surface area contributed by atoms with Gasteiger partial charge in [0, 0.05) is 25.4 Å². The second kappa shape index (κ2) is 8.13. The van der Waals surface area contributed by atoms with Gasteiger partial charge in [-0.05, 0) is 30.7 Å². The van der Waals surface area contributed by atoms with Crippen molar-refractivity contribution in [3.8, 4) is 0 Å². The van der Waals surface area contributed by atoms with E-state index in [1.165, 1.54) is 25.3 Å². The summed E-state index contributed by atoms with van der Waals surface area (Å²) in [5, 5.41) is 0. The van der Waals surface area contributed by atoms with Crippen LogP contribution in [0.2, 0.25) is 0 Å². The quantitative estimate of drug-likeness (QED) is 0.524. The molecule has 0 aliphatic carbocycles. The van der Waals surface area contributed by atoms with Crippen LogP contribution in [-0.2, 0) is 11.3 Å². The standard InChI is InChI=1S/C23H26FN3O/c1-2-3-4-9-14-26-21-13-8-6-11-19(21)25-23(26)17-15-22(28)27(16-17)20-12-7-5-10-18(20)24/h5-8,10-13,17H,2-4,9,14-16H2,1H3/t17-/m1/s1. The van der Waals surface area contributed by atoms with Crippen molar-refractivity contribution in [2.75, 3.05) is 11.4 Å². The topological polar surface area (TPSA) is 38.1 Å². The van der Waals surface area contributed by atoms with Gasteiger partial charge in [0.15, 0.2) is 0 Å². The monoisotopic (exact) mass is 379 g/mol. The van der Waals surface area contributed by atoms with Gasteiger partial charge in [-0.15, -0.1) is 0 Å². The van der Waals surface area contributed by atoms with E-state index in [1.807, 2.05) is 18.2 Å². The first-order chi connectivity index (χ1) is 13.7. The first kappa shape index (κ1) is 18.7. The van der Waals surface area contributed by atoms with Gasteiger partial charge in [-0.2, -0.15) is 0 Å². The maximum absolute atomic E-state index is 14.2. The average molecular weight is 379 g/mol. The molecule has 0 unspecified atom stereocenters. The summed E-state index contributed by atoms with van der Waals surface area (Å²) in [7, 11) is 0. The van der Waals surface area contributed by atoms with Crippen molar-refractivity contribution >= 4 is 22.6 Å². The highest BCUT2D eigenvalue weighted by atomic mass is 19.1. The summed E-state index contributed by atoms with van der Waals surface area (Å²) in [5.41, 5.74) is 2.44. The van der Waals surface area contributed by atoms with Crippen molar-refractivity contribution in [1.29, 1.82) is 0 Å². The normalized spacial score (nSPS) is 17.0. The number of rotatable bonds is 7. The number of imidazole rings is 1. The van der Waals surface area contributed by atoms with E-state index in [2.05, 4.69) is 17.6 Å². The predicted molar refractivity (Wildman–Crippen MR) is 110 cm³/mol. The Kier molecular flexibility index (Phi) is 5.42. The Bertz CT molecular complexity index is 981. The minimum Gasteiger partial charge on any atom is -0.328 e. The molecule has 146 valence electrons. The number of nitrogens with zero attached hydrogens (tertiary/aromatic N) is 3. The smallest absolute Gasteiger partial charge is 0.227 e. The number of carbonyl (C=O) groups is 1. The predicted octanol–water partition coefficient (Wildman–Crippen LogP) is 5.28. The first-order valence-corrected chi connectivity index (χ1v) is 10.2. The van der Waals surface area contributed by atoms with Crippen LogP contribution in [0.1, 0.15) is 50.8 Å². The lowest BCUT2D eigenvalue weighted by Crippen LogP contribution is -2.25. The molecule has 1 aliphatic heterocycles. The zero-order valence-corrected chi connectivity index (χ0v) is 16.3. The van der Waals surface area contributed by atoms with Crippen molar-refractivity contribution in [2.45, 2.75) is 51.5 Å². The lowest BCUT2D eigenvalue weighted by atomic mass is 10.1. The van der Waals surface area contributed by atoms with Crippen LogP contribution in [0.3, 0.4) is 0 Å². The minimum absolute atomic E-state index is 0.0225. The summed E-state index contributed by atoms with van der Waals surface area (Å²) < 4.78 is 16.5. The Morgan fingerprint density at radius 2 is 1.86 bits per heavy atom. The lowest BCUT2D eigenvalue weighted by molar-refractivity contribution is -0.117. The van der Waals surface area contributed by atoms with Gasteiger partial charge in [0.25, 0.3) is 0 Å². The van der Waals surface area contributed by atoms with Gasteiger partial charge in [-0.1, -0.05) is 50.5 Å². The molecule has 0 saturated carbocycles. The number of hydrogen-bond donors (Lipinski definition) is 0. The Balaban J connectivity index is 1.63. The number of fused-ring (bicyclic) bond motifs is 1. The number of amides is 1. The second-order valence-electron chi connectivity index (χ2n) is 7.53. The minimum atomic E-state index is -0.357. The van der Waals surface area contributed by atoms with Crippen LogP contribution in [0.15, 0.2) is 48.5 Å². The molecule has 1 amide bonds. The van der Waals surface area contributed by atoms with Gasteiger partial charge in [-0.3, -0.25) is 4.79 Å². The zero-order chi connectivity index (χ0) is 19.5. The van der Waals surface area contributed by atoms with Crippen LogP contribution in [0, 0.1) is 5.82 Å². The Morgan fingerprint density at radius 3 is 2.68 bits per heavy atom. The van der Waals surface area contributed by atoms with Crippen LogP contribution < -0.4 is 4.90 Å². The van der Waals surface area contributed by atoms with E-state index in [0.29, 0.717) is 18.7 Å². The molecule has 0 N–H and O–H groups in total. The number of halogens is 1. The van der Waals surface area contributed by atoms with Gasteiger partial charge < -0.3 is 9.47 Å². The second-order valence-corrected chi connectivity index (χ2v) is 7.53. The molecule has 0 radical (unpaired) electrons. The number of hydrogen-bond acceptors (Lipinski definition) is 2. The molecule has 0 spiro atoms. The maximum atomic E-state index is 14.2. The molecule has 2 aromatic carbocycles. The zero-order valence-electron chi connectivity index (χ0n) is 16.3. The molecule has 1 atom stereocenters. The number of benzene rings is 2. The molecular formula is C23H26FN3O. The lowest BCUT2D eigenvalue weighted by Gasteiger charge is -2.18. The molecule has 4 rings (SSSR count). The summed E-state index contributed by atoms with van der Waals surface area (Å²) >= 11 is 0. The fourth-order valence-corrected chi connectivity index (χ4v) is 4.12. The fraction of sp³-hybridized carbons (Fsp3) is 0.391. The summed E-state index contributed by atoms with van der Waals surface area (Å²) in [6.07, 6.45) is 5.08. The third kappa shape index (κ3) is 3.53. The van der Waals surface area contributed by atoms with Gasteiger partial charge in [0.05, 0.1) is 16.7 Å². The third-order valence-electron chi connectivity index (χ3n) is 5.55. The van der Waals surface area contributed by atoms with Crippen LogP contribution >= 0.6 is 0 Å². The van der Waals surface area contributed by atoms with Crippen LogP contribution in [0.25, 0.3) is 11.0 Å². The van der Waals surface area contributed by atoms with E-state index in [0.717, 1.165) is 29.8 Å². The van der Waals surface area contributed by atoms with Gasteiger partial charge in [-0.25, -0.2) is 9.37 Å². The highest BCUT2D eigenvalue weighted by molar-refractivity contribution is 5.96. The first-order valence-electron chi connectivity index (χ1n) is 10.2. The van der Waals surface area contributed by atoms with Crippen molar-refractivity contribution in [3.05, 3.63) is 60.2 Å². The Morgan fingerprint density at radius 1 is 1.07 bits per heavy atom. The molecule has 3 aromatic rings. The number of carbonyl (C=O) groups excluding carboxylic acids is 1. The van der Waals surface area contributed by atoms with E-state index in [9.17, 15) is 9.18 Å². The van der Waals surface area contributed by atoms with E-state index in [1.54, 1.807) is 23.1 Å². The molecule has 28 heavy (non-hydrogen) atoms. The van der Waals surface area contributed by atoms with Crippen LogP contribution in [-0.4, -0.2) is 22.0 Å². The van der Waals surface area contributed by atoms with Crippen molar-refractivity contribution in [1.82, 2.24) is 9.55 Å². The van der Waals surface area contributed by atoms with Crippen molar-refractivity contribution in [3.63, 3.8) is 0 Å². The molecule has 1 saturated heterocycles. The van der Waals surface area contributed by atoms with E-state index >= 15 is 0 Å². The molecule has 2 heterocycles. The Labute approximate surface area is 165 Å². The summed E-state index contributed by atoms with van der Waals surface area (Å²) in [5.74, 6) is 0.528. The average Bonchev–Trinajstić information content (AvgIpc) is 3.26. The number of aromatic nitrogens is 2. The van der Waals surface area contributed by atoms with Crippen LogP contribution in [0.5, 0.6) is 0 Å². The molecule has 1 aromatic heterocycles. The number of aryl methyl sites for hydroxylation is 1. The fourth-order valence-electron chi connectivity index (χ4n) is 4.12. The highest BCUT2D eigenvalue weighted by Crippen LogP contribution is 2.34. The Hall–Kier alpha value is -2.69. The van der Waals surface area contributed by atoms with E-state index < -0.39 is 0 Å². The molecule has 1 fully saturated rings. The van der Waals surface area contributed by atoms with E-state index in [4.69, 9.17) is 4.98 Å². The summed E-state index contributed by atoms with van der Waals surface area (Å²) in [4.78, 5) is 19.1. The highest BCUT2D eigenvalue weighted by Gasteiger charge is 2.35. The number of para-hydroxylation sites is 3. The third-order valence-corrected chi connectivity index (χ3v) is 5.55. The van der Waals surface area contributed by atoms with Gasteiger partial charge >= 0.3 is 0 Å². The van der Waals surface area contributed by atoms with Crippen LogP contribution in [0.4, 0.5) is 10.1 Å². The number of unbranched alkanes of at least 4 members (excludes halogenated alkanes) is 3. The molecule has 4 nitrogen and oxygen atoms in total. The summed E-state index contributed by atoms with van der Waals surface area (Å²) in [6.45, 7) is 3.58. The number of anilines is 1. The maximum Gasteiger partial charge on any atom is 0.227 e. The molecule has 0 bridgehead atoms. The van der Waals surface area contributed by atoms with Gasteiger partial charge in [0.2, 0.25) is 5.91 Å². The molecule has 5 heteroatoms. The molecular weight excluding hydrogens is 353 g/mol.